The lowest BCUT2D eigenvalue weighted by Gasteiger charge is -2.02. The SMILES string of the molecule is COC(=O)CS(=O)(=O)Cc1ccsc1C(=O)O. The fourth-order valence-electron chi connectivity index (χ4n) is 1.16. The van der Waals surface area contributed by atoms with E-state index < -0.39 is 33.3 Å². The Kier molecular flexibility index (Phi) is 4.24. The van der Waals surface area contributed by atoms with E-state index in [1.54, 1.807) is 0 Å². The first-order chi connectivity index (χ1) is 7.85. The number of hydrogen-bond acceptors (Lipinski definition) is 6. The molecule has 0 spiro atoms. The Morgan fingerprint density at radius 3 is 2.65 bits per heavy atom. The van der Waals surface area contributed by atoms with Gasteiger partial charge in [0.25, 0.3) is 0 Å². The van der Waals surface area contributed by atoms with Crippen LogP contribution < -0.4 is 0 Å². The van der Waals surface area contributed by atoms with Crippen LogP contribution in [0.5, 0.6) is 0 Å². The molecular weight excluding hydrogens is 268 g/mol. The molecule has 0 aromatic carbocycles. The Balaban J connectivity index is 2.87. The normalized spacial score (nSPS) is 11.1. The van der Waals surface area contributed by atoms with Gasteiger partial charge in [-0.15, -0.1) is 11.3 Å². The summed E-state index contributed by atoms with van der Waals surface area (Å²) in [6, 6.07) is 1.42. The Bertz CT molecular complexity index is 527. The highest BCUT2D eigenvalue weighted by molar-refractivity contribution is 7.91. The van der Waals surface area contributed by atoms with Crippen LogP contribution in [0.1, 0.15) is 15.2 Å². The number of ether oxygens (including phenoxy) is 1. The van der Waals surface area contributed by atoms with Crippen molar-refractivity contribution in [3.63, 3.8) is 0 Å². The first-order valence-electron chi connectivity index (χ1n) is 4.42. The molecule has 1 aromatic heterocycles. The Morgan fingerprint density at radius 1 is 1.47 bits per heavy atom. The van der Waals surface area contributed by atoms with E-state index in [0.29, 0.717) is 0 Å². The zero-order chi connectivity index (χ0) is 13.1. The number of esters is 1. The number of methoxy groups -OCH3 is 1. The maximum atomic E-state index is 11.6. The lowest BCUT2D eigenvalue weighted by molar-refractivity contribution is -0.137. The molecular formula is C9H10O6S2. The molecule has 8 heteroatoms. The van der Waals surface area contributed by atoms with E-state index in [0.717, 1.165) is 18.4 Å². The van der Waals surface area contributed by atoms with E-state index in [1.165, 1.54) is 11.4 Å². The first-order valence-corrected chi connectivity index (χ1v) is 7.12. The van der Waals surface area contributed by atoms with Crippen molar-refractivity contribution in [1.82, 2.24) is 0 Å². The van der Waals surface area contributed by atoms with Crippen molar-refractivity contribution in [3.05, 3.63) is 21.9 Å². The van der Waals surface area contributed by atoms with Gasteiger partial charge in [-0.3, -0.25) is 4.79 Å². The molecule has 0 amide bonds. The summed E-state index contributed by atoms with van der Waals surface area (Å²) in [5.41, 5.74) is 0.186. The quantitative estimate of drug-likeness (QED) is 0.789. The molecule has 1 rings (SSSR count). The summed E-state index contributed by atoms with van der Waals surface area (Å²) in [5.74, 6) is -3.27. The van der Waals surface area contributed by atoms with Gasteiger partial charge in [-0.1, -0.05) is 0 Å². The van der Waals surface area contributed by atoms with Crippen LogP contribution in [0.3, 0.4) is 0 Å². The van der Waals surface area contributed by atoms with Crippen molar-refractivity contribution < 1.29 is 27.9 Å². The molecule has 1 heterocycles. The van der Waals surface area contributed by atoms with Crippen molar-refractivity contribution in [2.24, 2.45) is 0 Å². The highest BCUT2D eigenvalue weighted by atomic mass is 32.2. The van der Waals surface area contributed by atoms with Crippen LogP contribution >= 0.6 is 11.3 Å². The topological polar surface area (TPSA) is 97.7 Å². The monoisotopic (exact) mass is 278 g/mol. The molecule has 0 saturated heterocycles. The van der Waals surface area contributed by atoms with Gasteiger partial charge in [0.15, 0.2) is 9.84 Å². The predicted octanol–water partition coefficient (Wildman–Crippen LogP) is 0.534. The van der Waals surface area contributed by atoms with Gasteiger partial charge in [-0.05, 0) is 17.0 Å². The smallest absolute Gasteiger partial charge is 0.346 e. The molecule has 17 heavy (non-hydrogen) atoms. The van der Waals surface area contributed by atoms with Crippen LogP contribution in [-0.4, -0.2) is 38.3 Å². The molecule has 0 bridgehead atoms. The number of carbonyl (C=O) groups excluding carboxylic acids is 1. The minimum atomic E-state index is -3.70. The molecule has 1 aromatic rings. The van der Waals surface area contributed by atoms with E-state index in [-0.39, 0.29) is 10.4 Å². The van der Waals surface area contributed by atoms with Gasteiger partial charge >= 0.3 is 11.9 Å². The summed E-state index contributed by atoms with van der Waals surface area (Å²) in [4.78, 5) is 21.6. The van der Waals surface area contributed by atoms with E-state index in [9.17, 15) is 18.0 Å². The summed E-state index contributed by atoms with van der Waals surface area (Å²) < 4.78 is 27.4. The van der Waals surface area contributed by atoms with Crippen molar-refractivity contribution in [2.75, 3.05) is 12.9 Å². The number of carboxylic acids is 1. The van der Waals surface area contributed by atoms with Gasteiger partial charge < -0.3 is 9.84 Å². The number of sulfone groups is 1. The summed E-state index contributed by atoms with van der Waals surface area (Å²) >= 11 is 0.943. The zero-order valence-electron chi connectivity index (χ0n) is 8.87. The molecule has 0 aliphatic carbocycles. The van der Waals surface area contributed by atoms with Crippen LogP contribution in [0, 0.1) is 0 Å². The Morgan fingerprint density at radius 2 is 2.12 bits per heavy atom. The first kappa shape index (κ1) is 13.7. The predicted molar refractivity (Wildman–Crippen MR) is 60.8 cm³/mol. The number of hydrogen-bond donors (Lipinski definition) is 1. The molecule has 0 radical (unpaired) electrons. The van der Waals surface area contributed by atoms with Gasteiger partial charge in [0, 0.05) is 0 Å². The van der Waals surface area contributed by atoms with Crippen molar-refractivity contribution in [1.29, 1.82) is 0 Å². The molecule has 0 fully saturated rings. The Labute approximate surface area is 102 Å². The highest BCUT2D eigenvalue weighted by Gasteiger charge is 2.21. The molecule has 0 atom stereocenters. The lowest BCUT2D eigenvalue weighted by Crippen LogP contribution is -2.19. The second-order valence-corrected chi connectivity index (χ2v) is 6.17. The standard InChI is InChI=1S/C9H10O6S2/c1-15-7(10)5-17(13,14)4-6-2-3-16-8(6)9(11)12/h2-3H,4-5H2,1H3,(H,11,12). The molecule has 94 valence electrons. The van der Waals surface area contributed by atoms with Gasteiger partial charge in [-0.2, -0.15) is 0 Å². The number of carboxylic acid groups (broad SMARTS) is 1. The van der Waals surface area contributed by atoms with E-state index in [4.69, 9.17) is 5.11 Å². The van der Waals surface area contributed by atoms with Gasteiger partial charge in [0.2, 0.25) is 0 Å². The largest absolute Gasteiger partial charge is 0.477 e. The number of aromatic carboxylic acids is 1. The second-order valence-electron chi connectivity index (χ2n) is 3.19. The summed E-state index contributed by atoms with van der Waals surface area (Å²) in [6.45, 7) is 0. The summed E-state index contributed by atoms with van der Waals surface area (Å²) in [7, 11) is -2.61. The third kappa shape index (κ3) is 3.82. The molecule has 1 N–H and O–H groups in total. The molecule has 0 aliphatic heterocycles. The third-order valence-electron chi connectivity index (χ3n) is 1.88. The molecule has 0 saturated carbocycles. The number of carbonyl (C=O) groups is 2. The fourth-order valence-corrected chi connectivity index (χ4v) is 3.31. The van der Waals surface area contributed by atoms with E-state index >= 15 is 0 Å². The third-order valence-corrected chi connectivity index (χ3v) is 4.25. The van der Waals surface area contributed by atoms with Gasteiger partial charge in [-0.25, -0.2) is 13.2 Å². The highest BCUT2D eigenvalue weighted by Crippen LogP contribution is 2.19. The zero-order valence-corrected chi connectivity index (χ0v) is 10.5. The number of thiophene rings is 1. The second kappa shape index (κ2) is 5.28. The summed E-state index contributed by atoms with van der Waals surface area (Å²) in [6.07, 6.45) is 0. The van der Waals surface area contributed by atoms with Crippen LogP contribution in [-0.2, 0) is 25.1 Å². The van der Waals surface area contributed by atoms with Crippen LogP contribution in [0.15, 0.2) is 11.4 Å². The van der Waals surface area contributed by atoms with Crippen LogP contribution in [0.25, 0.3) is 0 Å². The maximum Gasteiger partial charge on any atom is 0.346 e. The summed E-state index contributed by atoms with van der Waals surface area (Å²) in [5, 5.41) is 10.3. The molecule has 0 unspecified atom stereocenters. The fraction of sp³-hybridized carbons (Fsp3) is 0.333. The van der Waals surface area contributed by atoms with Gasteiger partial charge in [0.1, 0.15) is 10.6 Å². The van der Waals surface area contributed by atoms with Crippen LogP contribution in [0.2, 0.25) is 0 Å². The van der Waals surface area contributed by atoms with E-state index in [1.807, 2.05) is 0 Å². The van der Waals surface area contributed by atoms with Crippen molar-refractivity contribution in [3.8, 4) is 0 Å². The maximum absolute atomic E-state index is 11.6. The lowest BCUT2D eigenvalue weighted by atomic mass is 10.3. The van der Waals surface area contributed by atoms with Gasteiger partial charge in [0.05, 0.1) is 12.9 Å². The average molecular weight is 278 g/mol. The minimum absolute atomic E-state index is 0.0292. The minimum Gasteiger partial charge on any atom is -0.477 e. The molecule has 0 aliphatic rings. The van der Waals surface area contributed by atoms with Crippen LogP contribution in [0.4, 0.5) is 0 Å². The number of rotatable bonds is 5. The van der Waals surface area contributed by atoms with E-state index in [2.05, 4.69) is 4.74 Å². The van der Waals surface area contributed by atoms with Crippen molar-refractivity contribution in [2.45, 2.75) is 5.75 Å². The average Bonchev–Trinajstić information content (AvgIpc) is 2.64. The van der Waals surface area contributed by atoms with Crippen molar-refractivity contribution >= 4 is 33.1 Å². The molecule has 6 nitrogen and oxygen atoms in total. The Hall–Kier alpha value is -1.41.